The number of aliphatic hydroxyl groups is 1. The Morgan fingerprint density at radius 3 is 2.84 bits per heavy atom. The molecule has 1 aromatic rings. The molecule has 106 valence electrons. The van der Waals surface area contributed by atoms with Crippen molar-refractivity contribution in [1.82, 2.24) is 9.88 Å². The number of nitrogens with zero attached hydrogens (tertiary/aromatic N) is 3. The maximum Gasteiger partial charge on any atom is 0.128 e. The molecular weight excluding hydrogens is 238 g/mol. The highest BCUT2D eigenvalue weighted by Gasteiger charge is 2.27. The molecule has 2 rings (SSSR count). The first kappa shape index (κ1) is 14.3. The highest BCUT2D eigenvalue weighted by molar-refractivity contribution is 5.43. The van der Waals surface area contributed by atoms with Gasteiger partial charge in [0.2, 0.25) is 0 Å². The van der Waals surface area contributed by atoms with Gasteiger partial charge in [0.1, 0.15) is 5.82 Å². The van der Waals surface area contributed by atoms with Crippen LogP contribution in [0.5, 0.6) is 0 Å². The van der Waals surface area contributed by atoms with Crippen LogP contribution in [0.2, 0.25) is 0 Å². The molecule has 1 aliphatic heterocycles. The molecule has 4 heteroatoms. The van der Waals surface area contributed by atoms with E-state index in [0.717, 1.165) is 37.6 Å². The van der Waals surface area contributed by atoms with Gasteiger partial charge in [-0.3, -0.25) is 4.90 Å². The molecule has 19 heavy (non-hydrogen) atoms. The molecule has 1 aliphatic rings. The zero-order valence-electron chi connectivity index (χ0n) is 12.2. The van der Waals surface area contributed by atoms with Gasteiger partial charge >= 0.3 is 0 Å². The van der Waals surface area contributed by atoms with Crippen LogP contribution in [0.25, 0.3) is 0 Å². The summed E-state index contributed by atoms with van der Waals surface area (Å²) in [6.07, 6.45) is 2.56. The van der Waals surface area contributed by atoms with Crippen LogP contribution < -0.4 is 4.90 Å². The number of rotatable bonds is 5. The number of anilines is 1. The zero-order chi connectivity index (χ0) is 13.8. The monoisotopic (exact) mass is 263 g/mol. The van der Waals surface area contributed by atoms with Gasteiger partial charge in [-0.05, 0) is 44.1 Å². The lowest BCUT2D eigenvalue weighted by Crippen LogP contribution is -2.37. The number of pyridine rings is 1. The fourth-order valence-corrected chi connectivity index (χ4v) is 2.85. The van der Waals surface area contributed by atoms with Gasteiger partial charge in [-0.1, -0.05) is 13.8 Å². The van der Waals surface area contributed by atoms with Crippen LogP contribution in [-0.2, 0) is 0 Å². The van der Waals surface area contributed by atoms with Gasteiger partial charge in [0.15, 0.2) is 0 Å². The van der Waals surface area contributed by atoms with Crippen molar-refractivity contribution in [3.63, 3.8) is 0 Å². The van der Waals surface area contributed by atoms with Crippen LogP contribution in [0.1, 0.15) is 38.9 Å². The summed E-state index contributed by atoms with van der Waals surface area (Å²) in [5.74, 6) is 0.994. The normalized spacial score (nSPS) is 21.1. The summed E-state index contributed by atoms with van der Waals surface area (Å²) in [4.78, 5) is 9.29. The van der Waals surface area contributed by atoms with Crippen molar-refractivity contribution in [2.45, 2.75) is 39.3 Å². The molecule has 0 aliphatic carbocycles. The summed E-state index contributed by atoms with van der Waals surface area (Å²) >= 11 is 0. The second kappa shape index (κ2) is 6.35. The first-order valence-corrected chi connectivity index (χ1v) is 7.28. The molecule has 0 amide bonds. The van der Waals surface area contributed by atoms with Crippen molar-refractivity contribution in [3.8, 4) is 0 Å². The molecule has 1 N–H and O–H groups in total. The standard InChI is InChI=1S/C15H25N3O/c1-4-17(5-2)14-7-9-18(11-14)15-10-13(12(3)19)6-8-16-15/h6,8,10,12,14,19H,4-5,7,9,11H2,1-3H3/t12-,14?/m0/s1. The van der Waals surface area contributed by atoms with E-state index in [4.69, 9.17) is 0 Å². The van der Waals surface area contributed by atoms with Crippen molar-refractivity contribution in [2.75, 3.05) is 31.1 Å². The highest BCUT2D eigenvalue weighted by atomic mass is 16.3. The van der Waals surface area contributed by atoms with Crippen molar-refractivity contribution in [2.24, 2.45) is 0 Å². The first-order valence-electron chi connectivity index (χ1n) is 7.28. The summed E-state index contributed by atoms with van der Waals surface area (Å²) in [7, 11) is 0. The quantitative estimate of drug-likeness (QED) is 0.882. The Kier molecular flexibility index (Phi) is 4.77. The van der Waals surface area contributed by atoms with Gasteiger partial charge in [-0.15, -0.1) is 0 Å². The number of hydrogen-bond acceptors (Lipinski definition) is 4. The maximum absolute atomic E-state index is 9.65. The molecule has 1 unspecified atom stereocenters. The van der Waals surface area contributed by atoms with E-state index in [1.807, 2.05) is 12.1 Å². The molecule has 1 fully saturated rings. The van der Waals surface area contributed by atoms with Crippen molar-refractivity contribution >= 4 is 5.82 Å². The van der Waals surface area contributed by atoms with E-state index >= 15 is 0 Å². The van der Waals surface area contributed by atoms with Crippen LogP contribution >= 0.6 is 0 Å². The number of likely N-dealkylation sites (N-methyl/N-ethyl adjacent to an activating group) is 1. The lowest BCUT2D eigenvalue weighted by molar-refractivity contribution is 0.199. The molecule has 0 aromatic carbocycles. The third-order valence-electron chi connectivity index (χ3n) is 4.07. The van der Waals surface area contributed by atoms with E-state index in [2.05, 4.69) is 28.6 Å². The Bertz CT molecular complexity index is 404. The van der Waals surface area contributed by atoms with Crippen LogP contribution in [0.3, 0.4) is 0 Å². The molecule has 0 spiro atoms. The summed E-state index contributed by atoms with van der Waals surface area (Å²) in [5.41, 5.74) is 0.941. The average Bonchev–Trinajstić information content (AvgIpc) is 2.90. The summed E-state index contributed by atoms with van der Waals surface area (Å²) in [6.45, 7) is 10.5. The van der Waals surface area contributed by atoms with E-state index in [0.29, 0.717) is 6.04 Å². The molecule has 2 atom stereocenters. The third-order valence-corrected chi connectivity index (χ3v) is 4.07. The lowest BCUT2D eigenvalue weighted by atomic mass is 10.2. The lowest BCUT2D eigenvalue weighted by Gasteiger charge is -2.26. The minimum absolute atomic E-state index is 0.428. The fourth-order valence-electron chi connectivity index (χ4n) is 2.85. The molecule has 1 aromatic heterocycles. The van der Waals surface area contributed by atoms with E-state index in [9.17, 15) is 5.11 Å². The smallest absolute Gasteiger partial charge is 0.128 e. The van der Waals surface area contributed by atoms with Gasteiger partial charge in [-0.25, -0.2) is 4.98 Å². The molecule has 0 bridgehead atoms. The Morgan fingerprint density at radius 1 is 1.47 bits per heavy atom. The molecule has 4 nitrogen and oxygen atoms in total. The molecule has 0 radical (unpaired) electrons. The Balaban J connectivity index is 2.06. The largest absolute Gasteiger partial charge is 0.389 e. The molecule has 2 heterocycles. The van der Waals surface area contributed by atoms with E-state index < -0.39 is 6.10 Å². The predicted molar refractivity (Wildman–Crippen MR) is 78.4 cm³/mol. The van der Waals surface area contributed by atoms with Gasteiger partial charge in [0.25, 0.3) is 0 Å². The zero-order valence-corrected chi connectivity index (χ0v) is 12.2. The van der Waals surface area contributed by atoms with Crippen molar-refractivity contribution < 1.29 is 5.11 Å². The van der Waals surface area contributed by atoms with Crippen molar-refractivity contribution in [1.29, 1.82) is 0 Å². The van der Waals surface area contributed by atoms with E-state index in [-0.39, 0.29) is 0 Å². The van der Waals surface area contributed by atoms with Gasteiger partial charge in [0, 0.05) is 25.3 Å². The number of aromatic nitrogens is 1. The van der Waals surface area contributed by atoms with Crippen LogP contribution in [0.15, 0.2) is 18.3 Å². The van der Waals surface area contributed by atoms with Crippen LogP contribution in [0.4, 0.5) is 5.82 Å². The average molecular weight is 263 g/mol. The molecular formula is C15H25N3O. The van der Waals surface area contributed by atoms with E-state index in [1.54, 1.807) is 13.1 Å². The maximum atomic E-state index is 9.65. The predicted octanol–water partition coefficient (Wildman–Crippen LogP) is 2.06. The Morgan fingerprint density at radius 2 is 2.21 bits per heavy atom. The first-order chi connectivity index (χ1) is 9.15. The SMILES string of the molecule is CCN(CC)C1CCN(c2cc([C@H](C)O)ccn2)C1. The third kappa shape index (κ3) is 3.25. The fraction of sp³-hybridized carbons (Fsp3) is 0.667. The highest BCUT2D eigenvalue weighted by Crippen LogP contribution is 2.23. The second-order valence-corrected chi connectivity index (χ2v) is 5.23. The molecule has 0 saturated carbocycles. The van der Waals surface area contributed by atoms with Gasteiger partial charge < -0.3 is 10.0 Å². The number of aliphatic hydroxyl groups excluding tert-OH is 1. The second-order valence-electron chi connectivity index (χ2n) is 5.23. The summed E-state index contributed by atoms with van der Waals surface area (Å²) < 4.78 is 0. The van der Waals surface area contributed by atoms with E-state index in [1.165, 1.54) is 6.42 Å². The Hall–Kier alpha value is -1.13. The van der Waals surface area contributed by atoms with Crippen LogP contribution in [-0.4, -0.2) is 47.2 Å². The summed E-state index contributed by atoms with van der Waals surface area (Å²) in [5, 5.41) is 9.65. The van der Waals surface area contributed by atoms with Crippen LogP contribution in [0, 0.1) is 0 Å². The molecule has 1 saturated heterocycles. The topological polar surface area (TPSA) is 39.6 Å². The van der Waals surface area contributed by atoms with Gasteiger partial charge in [-0.2, -0.15) is 0 Å². The van der Waals surface area contributed by atoms with Gasteiger partial charge in [0.05, 0.1) is 6.10 Å². The minimum Gasteiger partial charge on any atom is -0.389 e. The Labute approximate surface area is 116 Å². The van der Waals surface area contributed by atoms with Crippen molar-refractivity contribution in [3.05, 3.63) is 23.9 Å². The minimum atomic E-state index is -0.428. The number of hydrogen-bond donors (Lipinski definition) is 1. The summed E-state index contributed by atoms with van der Waals surface area (Å²) in [6, 6.07) is 4.52.